The molecule has 0 saturated heterocycles. The Labute approximate surface area is 124 Å². The molecule has 1 nitrogen and oxygen atoms in total. The van der Waals surface area contributed by atoms with E-state index in [9.17, 15) is 0 Å². The maximum absolute atomic E-state index is 4.94. The van der Waals surface area contributed by atoms with Crippen molar-refractivity contribution in [3.63, 3.8) is 0 Å². The maximum Gasteiger partial charge on any atom is 0.0814 e. The van der Waals surface area contributed by atoms with Crippen molar-refractivity contribution in [2.24, 2.45) is 10.9 Å². The average molecular weight is 269 g/mol. The zero-order valence-corrected chi connectivity index (χ0v) is 13.5. The van der Waals surface area contributed by atoms with Crippen LogP contribution in [0.3, 0.4) is 0 Å². The topological polar surface area (TPSA) is 12.4 Å². The molecule has 0 bridgehead atoms. The molecular weight excluding hydrogens is 242 g/mol. The van der Waals surface area contributed by atoms with Crippen LogP contribution in [0.25, 0.3) is 0 Å². The minimum Gasteiger partial charge on any atom is -0.281 e. The zero-order chi connectivity index (χ0) is 15.1. The molecule has 0 fully saturated rings. The average Bonchev–Trinajstić information content (AvgIpc) is 2.44. The molecule has 2 atom stereocenters. The maximum atomic E-state index is 4.94. The minimum absolute atomic E-state index is 0.148. The molecule has 0 aliphatic carbocycles. The molecule has 0 aromatic heterocycles. The van der Waals surface area contributed by atoms with Crippen LogP contribution in [0.5, 0.6) is 0 Å². The number of hydrogen-bond donors (Lipinski definition) is 0. The first-order valence-electron chi connectivity index (χ1n) is 7.39. The molecule has 0 heterocycles. The van der Waals surface area contributed by atoms with E-state index < -0.39 is 0 Å². The Bertz CT molecular complexity index is 508. The fourth-order valence-electron chi connectivity index (χ4n) is 2.23. The molecule has 108 valence electrons. The van der Waals surface area contributed by atoms with E-state index in [1.54, 1.807) is 0 Å². The molecule has 1 aromatic carbocycles. The summed E-state index contributed by atoms with van der Waals surface area (Å²) < 4.78 is 0. The van der Waals surface area contributed by atoms with E-state index in [2.05, 4.69) is 71.5 Å². The summed E-state index contributed by atoms with van der Waals surface area (Å²) in [4.78, 5) is 4.94. The quantitative estimate of drug-likeness (QED) is 0.465. The van der Waals surface area contributed by atoms with Crippen molar-refractivity contribution in [2.45, 2.75) is 47.1 Å². The summed E-state index contributed by atoms with van der Waals surface area (Å²) in [5, 5.41) is 0. The van der Waals surface area contributed by atoms with Crippen molar-refractivity contribution in [1.82, 2.24) is 0 Å². The monoisotopic (exact) mass is 269 g/mol. The number of rotatable bonds is 6. The summed E-state index contributed by atoms with van der Waals surface area (Å²) in [6.07, 6.45) is 5.24. The second kappa shape index (κ2) is 7.84. The van der Waals surface area contributed by atoms with E-state index >= 15 is 0 Å². The summed E-state index contributed by atoms with van der Waals surface area (Å²) in [6.45, 7) is 14.7. The van der Waals surface area contributed by atoms with Crippen molar-refractivity contribution in [3.05, 3.63) is 59.7 Å². The lowest BCUT2D eigenvalue weighted by Gasteiger charge is -2.20. The van der Waals surface area contributed by atoms with Crippen molar-refractivity contribution in [1.29, 1.82) is 0 Å². The van der Waals surface area contributed by atoms with Crippen molar-refractivity contribution in [3.8, 4) is 0 Å². The number of nitrogens with zero attached hydrogens (tertiary/aromatic N) is 1. The van der Waals surface area contributed by atoms with Gasteiger partial charge in [0, 0.05) is 11.6 Å². The van der Waals surface area contributed by atoms with Gasteiger partial charge in [0.15, 0.2) is 0 Å². The lowest BCUT2D eigenvalue weighted by Crippen LogP contribution is -2.09. The summed E-state index contributed by atoms with van der Waals surface area (Å²) in [5.41, 5.74) is 5.04. The van der Waals surface area contributed by atoms with Crippen LogP contribution in [0.2, 0.25) is 0 Å². The SMILES string of the molecule is C=CC(C)C(N=C(C)/C=C(\C)CC)c1ccccc1C. The van der Waals surface area contributed by atoms with Gasteiger partial charge in [-0.05, 0) is 44.4 Å². The Morgan fingerprint density at radius 1 is 1.30 bits per heavy atom. The molecule has 0 saturated carbocycles. The van der Waals surface area contributed by atoms with Gasteiger partial charge in [-0.1, -0.05) is 49.8 Å². The Kier molecular flexibility index (Phi) is 6.44. The first-order valence-corrected chi connectivity index (χ1v) is 7.39. The minimum atomic E-state index is 0.148. The Balaban J connectivity index is 3.18. The van der Waals surface area contributed by atoms with Gasteiger partial charge >= 0.3 is 0 Å². The van der Waals surface area contributed by atoms with Gasteiger partial charge in [-0.25, -0.2) is 0 Å². The van der Waals surface area contributed by atoms with Gasteiger partial charge in [0.2, 0.25) is 0 Å². The highest BCUT2D eigenvalue weighted by Gasteiger charge is 2.17. The van der Waals surface area contributed by atoms with Gasteiger partial charge < -0.3 is 0 Å². The lowest BCUT2D eigenvalue weighted by molar-refractivity contribution is 0.568. The fraction of sp³-hybridized carbons (Fsp3) is 0.421. The van der Waals surface area contributed by atoms with Crippen LogP contribution in [-0.2, 0) is 0 Å². The van der Waals surface area contributed by atoms with Crippen LogP contribution in [0, 0.1) is 12.8 Å². The van der Waals surface area contributed by atoms with E-state index in [-0.39, 0.29) is 6.04 Å². The third-order valence-corrected chi connectivity index (χ3v) is 3.73. The first kappa shape index (κ1) is 16.4. The summed E-state index contributed by atoms with van der Waals surface area (Å²) >= 11 is 0. The van der Waals surface area contributed by atoms with Gasteiger partial charge in [-0.15, -0.1) is 6.58 Å². The molecule has 0 aliphatic rings. The molecule has 20 heavy (non-hydrogen) atoms. The highest BCUT2D eigenvalue weighted by Crippen LogP contribution is 2.29. The number of aryl methyl sites for hydroxylation is 1. The Morgan fingerprint density at radius 3 is 2.50 bits per heavy atom. The smallest absolute Gasteiger partial charge is 0.0814 e. The van der Waals surface area contributed by atoms with Crippen LogP contribution >= 0.6 is 0 Å². The second-order valence-corrected chi connectivity index (χ2v) is 5.51. The van der Waals surface area contributed by atoms with Crippen LogP contribution in [0.15, 0.2) is 53.6 Å². The number of hydrogen-bond acceptors (Lipinski definition) is 1. The van der Waals surface area contributed by atoms with Gasteiger partial charge in [0.05, 0.1) is 6.04 Å². The van der Waals surface area contributed by atoms with E-state index in [1.165, 1.54) is 16.7 Å². The first-order chi connectivity index (χ1) is 9.49. The number of allylic oxidation sites excluding steroid dienone is 2. The van der Waals surface area contributed by atoms with Crippen molar-refractivity contribution in [2.75, 3.05) is 0 Å². The predicted octanol–water partition coefficient (Wildman–Crippen LogP) is 5.68. The van der Waals surface area contributed by atoms with Gasteiger partial charge in [0.25, 0.3) is 0 Å². The standard InChI is InChI=1S/C19H27N/c1-7-14(3)13-17(6)20-19(15(4)8-2)18-12-10-9-11-16(18)5/h8-13,15,19H,2,7H2,1,3-6H3/b14-13+,20-17?. The molecule has 2 unspecified atom stereocenters. The van der Waals surface area contributed by atoms with E-state index in [1.807, 2.05) is 6.08 Å². The molecule has 1 heteroatoms. The number of aliphatic imine (C=N–C) groups is 1. The molecule has 0 spiro atoms. The molecule has 0 amide bonds. The highest BCUT2D eigenvalue weighted by atomic mass is 14.8. The van der Waals surface area contributed by atoms with Crippen molar-refractivity contribution < 1.29 is 0 Å². The van der Waals surface area contributed by atoms with Gasteiger partial charge in [-0.3, -0.25) is 4.99 Å². The molecule has 0 radical (unpaired) electrons. The predicted molar refractivity (Wildman–Crippen MR) is 90.4 cm³/mol. The van der Waals surface area contributed by atoms with Crippen LogP contribution in [0.1, 0.15) is 51.3 Å². The molecule has 1 rings (SSSR count). The normalized spacial score (nSPS) is 15.8. The number of benzene rings is 1. The van der Waals surface area contributed by atoms with Gasteiger partial charge in [0.1, 0.15) is 0 Å². The Morgan fingerprint density at radius 2 is 1.95 bits per heavy atom. The molecule has 0 N–H and O–H groups in total. The van der Waals surface area contributed by atoms with E-state index in [0.29, 0.717) is 5.92 Å². The van der Waals surface area contributed by atoms with Gasteiger partial charge in [-0.2, -0.15) is 0 Å². The highest BCUT2D eigenvalue weighted by molar-refractivity contribution is 5.93. The summed E-state index contributed by atoms with van der Waals surface area (Å²) in [7, 11) is 0. The fourth-order valence-corrected chi connectivity index (χ4v) is 2.23. The third kappa shape index (κ3) is 4.48. The second-order valence-electron chi connectivity index (χ2n) is 5.51. The van der Waals surface area contributed by atoms with Crippen LogP contribution < -0.4 is 0 Å². The molecule has 0 aliphatic heterocycles. The zero-order valence-electron chi connectivity index (χ0n) is 13.5. The van der Waals surface area contributed by atoms with Crippen molar-refractivity contribution >= 4 is 5.71 Å². The van der Waals surface area contributed by atoms with E-state index in [4.69, 9.17) is 4.99 Å². The summed E-state index contributed by atoms with van der Waals surface area (Å²) in [6, 6.07) is 8.63. The summed E-state index contributed by atoms with van der Waals surface area (Å²) in [5.74, 6) is 0.321. The molecular formula is C19H27N. The van der Waals surface area contributed by atoms with Crippen LogP contribution in [-0.4, -0.2) is 5.71 Å². The lowest BCUT2D eigenvalue weighted by atomic mass is 9.92. The Hall–Kier alpha value is -1.63. The third-order valence-electron chi connectivity index (χ3n) is 3.73. The largest absolute Gasteiger partial charge is 0.281 e. The van der Waals surface area contributed by atoms with Crippen LogP contribution in [0.4, 0.5) is 0 Å². The molecule has 1 aromatic rings. The van der Waals surface area contributed by atoms with E-state index in [0.717, 1.165) is 12.1 Å².